The lowest BCUT2D eigenvalue weighted by molar-refractivity contribution is 0.391. The molecule has 0 amide bonds. The van der Waals surface area contributed by atoms with E-state index in [9.17, 15) is 5.11 Å². The van der Waals surface area contributed by atoms with Crippen LogP contribution in [0.4, 0.5) is 11.4 Å². The van der Waals surface area contributed by atoms with Gasteiger partial charge < -0.3 is 5.11 Å². The van der Waals surface area contributed by atoms with E-state index < -0.39 is 5.92 Å². The number of nitrogens with zero attached hydrogens (tertiary/aromatic N) is 2. The molecule has 3 heteroatoms. The molecule has 0 atom stereocenters. The summed E-state index contributed by atoms with van der Waals surface area (Å²) in [5, 5.41) is 12.6. The lowest BCUT2D eigenvalue weighted by Gasteiger charge is -2.24. The first kappa shape index (κ1) is 34.6. The molecule has 0 heterocycles. The van der Waals surface area contributed by atoms with Gasteiger partial charge in [-0.2, -0.15) is 0 Å². The molecule has 4 rings (SSSR count). The lowest BCUT2D eigenvalue weighted by atomic mass is 9.87. The first-order chi connectivity index (χ1) is 21.9. The Hall–Kier alpha value is -4.24. The maximum absolute atomic E-state index is 12.6. The van der Waals surface area contributed by atoms with Crippen LogP contribution in [0.5, 0.6) is 0 Å². The minimum absolute atomic E-state index is 0.251. The standard InChI is InChI=1S/C43H52N2O/c1-27(2)35-23-17-24-36(28(3)4)41(35)44-31(9)39(32(10)45-42-37(29(5)6)25-18-26-38(42)30(7)8)43(46)40(33-19-13-11-14-20-33)34-21-15-12-16-22-34/h11-30,39,46H,1-10H3. The van der Waals surface area contributed by atoms with E-state index in [2.05, 4.69) is 116 Å². The summed E-state index contributed by atoms with van der Waals surface area (Å²) in [5.41, 5.74) is 11.2. The summed E-state index contributed by atoms with van der Waals surface area (Å²) in [6.07, 6.45) is 0. The van der Waals surface area contributed by atoms with E-state index in [1.807, 2.05) is 50.2 Å². The van der Waals surface area contributed by atoms with Crippen LogP contribution in [0.3, 0.4) is 0 Å². The first-order valence-electron chi connectivity index (χ1n) is 16.8. The second kappa shape index (κ2) is 15.4. The van der Waals surface area contributed by atoms with Gasteiger partial charge in [0.15, 0.2) is 0 Å². The zero-order valence-corrected chi connectivity index (χ0v) is 29.5. The first-order valence-corrected chi connectivity index (χ1v) is 16.8. The molecular formula is C43H52N2O. The summed E-state index contributed by atoms with van der Waals surface area (Å²) < 4.78 is 0. The van der Waals surface area contributed by atoms with Gasteiger partial charge in [0.25, 0.3) is 0 Å². The van der Waals surface area contributed by atoms with Crippen LogP contribution in [0.1, 0.15) is 126 Å². The minimum Gasteiger partial charge on any atom is -0.511 e. The highest BCUT2D eigenvalue weighted by atomic mass is 16.3. The third-order valence-electron chi connectivity index (χ3n) is 8.75. The maximum Gasteiger partial charge on any atom is 0.115 e. The number of hydrogen-bond donors (Lipinski definition) is 1. The monoisotopic (exact) mass is 612 g/mol. The van der Waals surface area contributed by atoms with Crippen molar-refractivity contribution >= 4 is 28.4 Å². The summed E-state index contributed by atoms with van der Waals surface area (Å²) in [5.74, 6) is 0.922. The predicted octanol–water partition coefficient (Wildman–Crippen LogP) is 12.7. The summed E-state index contributed by atoms with van der Waals surface area (Å²) in [7, 11) is 0. The molecule has 0 saturated heterocycles. The molecule has 46 heavy (non-hydrogen) atoms. The molecule has 0 aliphatic rings. The Bertz CT molecular complexity index is 1530. The Balaban J connectivity index is 2.09. The van der Waals surface area contributed by atoms with Gasteiger partial charge in [0.1, 0.15) is 5.76 Å². The Labute approximate surface area is 277 Å². The van der Waals surface area contributed by atoms with E-state index in [-0.39, 0.29) is 5.76 Å². The van der Waals surface area contributed by atoms with Crippen LogP contribution in [-0.4, -0.2) is 16.5 Å². The number of allylic oxidation sites excluding steroid dienone is 1. The van der Waals surface area contributed by atoms with Gasteiger partial charge in [-0.25, -0.2) is 0 Å². The third kappa shape index (κ3) is 7.76. The van der Waals surface area contributed by atoms with Crippen molar-refractivity contribution in [3.63, 3.8) is 0 Å². The number of aliphatic hydroxyl groups is 1. The van der Waals surface area contributed by atoms with E-state index in [0.717, 1.165) is 39.5 Å². The fraction of sp³-hybridized carbons (Fsp3) is 0.349. The highest BCUT2D eigenvalue weighted by Gasteiger charge is 2.28. The predicted molar refractivity (Wildman–Crippen MR) is 200 cm³/mol. The average molecular weight is 613 g/mol. The molecule has 0 aromatic heterocycles. The zero-order valence-electron chi connectivity index (χ0n) is 29.5. The van der Waals surface area contributed by atoms with Gasteiger partial charge in [-0.05, 0) is 70.9 Å². The molecule has 3 nitrogen and oxygen atoms in total. The van der Waals surface area contributed by atoms with Crippen molar-refractivity contribution in [1.29, 1.82) is 0 Å². The molecule has 4 aromatic carbocycles. The Morgan fingerprint density at radius 2 is 0.761 bits per heavy atom. The van der Waals surface area contributed by atoms with Crippen LogP contribution in [-0.2, 0) is 0 Å². The van der Waals surface area contributed by atoms with E-state index in [1.165, 1.54) is 22.3 Å². The molecule has 0 aliphatic carbocycles. The molecule has 240 valence electrons. The smallest absolute Gasteiger partial charge is 0.115 e. The molecular weight excluding hydrogens is 560 g/mol. The second-order valence-electron chi connectivity index (χ2n) is 13.6. The van der Waals surface area contributed by atoms with Gasteiger partial charge >= 0.3 is 0 Å². The Morgan fingerprint density at radius 1 is 0.457 bits per heavy atom. The number of benzene rings is 4. The van der Waals surface area contributed by atoms with Crippen molar-refractivity contribution in [2.24, 2.45) is 15.9 Å². The Kier molecular flexibility index (Phi) is 11.6. The second-order valence-corrected chi connectivity index (χ2v) is 13.6. The number of aliphatic imine (C=N–C) groups is 2. The summed E-state index contributed by atoms with van der Waals surface area (Å²) >= 11 is 0. The van der Waals surface area contributed by atoms with Gasteiger partial charge in [0.2, 0.25) is 0 Å². The summed E-state index contributed by atoms with van der Waals surface area (Å²) in [6, 6.07) is 33.3. The lowest BCUT2D eigenvalue weighted by Crippen LogP contribution is -2.24. The number of hydrogen-bond acceptors (Lipinski definition) is 3. The van der Waals surface area contributed by atoms with Crippen molar-refractivity contribution in [3.05, 3.63) is 136 Å². The highest BCUT2D eigenvalue weighted by Crippen LogP contribution is 2.39. The zero-order chi connectivity index (χ0) is 33.5. The van der Waals surface area contributed by atoms with Crippen molar-refractivity contribution in [2.45, 2.75) is 92.9 Å². The molecule has 0 aliphatic heterocycles. The SMILES string of the molecule is CC(=Nc1c(C(C)C)cccc1C(C)C)C(C(C)=Nc1c(C(C)C)cccc1C(C)C)C(O)=C(c1ccccc1)c1ccccc1. The molecule has 0 unspecified atom stereocenters. The topological polar surface area (TPSA) is 45.0 Å². The fourth-order valence-electron chi connectivity index (χ4n) is 6.28. The van der Waals surface area contributed by atoms with Crippen LogP contribution in [0.25, 0.3) is 5.57 Å². The van der Waals surface area contributed by atoms with Crippen molar-refractivity contribution in [3.8, 4) is 0 Å². The quantitative estimate of drug-likeness (QED) is 0.133. The molecule has 0 radical (unpaired) electrons. The van der Waals surface area contributed by atoms with Gasteiger partial charge in [0.05, 0.1) is 17.3 Å². The fourth-order valence-corrected chi connectivity index (χ4v) is 6.28. The van der Waals surface area contributed by atoms with Crippen molar-refractivity contribution in [1.82, 2.24) is 0 Å². The summed E-state index contributed by atoms with van der Waals surface area (Å²) in [6.45, 7) is 21.8. The largest absolute Gasteiger partial charge is 0.511 e. The van der Waals surface area contributed by atoms with Gasteiger partial charge in [-0.1, -0.05) is 152 Å². The van der Waals surface area contributed by atoms with Gasteiger partial charge in [0, 0.05) is 17.0 Å². The van der Waals surface area contributed by atoms with Crippen LogP contribution < -0.4 is 0 Å². The van der Waals surface area contributed by atoms with Crippen LogP contribution >= 0.6 is 0 Å². The van der Waals surface area contributed by atoms with Crippen LogP contribution in [0.15, 0.2) is 113 Å². The normalized spacial score (nSPS) is 13.2. The highest BCUT2D eigenvalue weighted by molar-refractivity contribution is 6.11. The van der Waals surface area contributed by atoms with Gasteiger partial charge in [-0.15, -0.1) is 0 Å². The molecule has 0 saturated carbocycles. The number of para-hydroxylation sites is 2. The van der Waals surface area contributed by atoms with E-state index >= 15 is 0 Å². The number of aliphatic hydroxyl groups excluding tert-OH is 1. The third-order valence-corrected chi connectivity index (χ3v) is 8.75. The molecule has 0 bridgehead atoms. The van der Waals surface area contributed by atoms with Crippen LogP contribution in [0, 0.1) is 5.92 Å². The molecule has 0 spiro atoms. The van der Waals surface area contributed by atoms with E-state index in [0.29, 0.717) is 23.7 Å². The molecule has 0 fully saturated rings. The summed E-state index contributed by atoms with van der Waals surface area (Å²) in [4.78, 5) is 10.8. The molecule has 1 N–H and O–H groups in total. The molecule has 4 aromatic rings. The van der Waals surface area contributed by atoms with E-state index in [1.54, 1.807) is 0 Å². The van der Waals surface area contributed by atoms with Crippen molar-refractivity contribution in [2.75, 3.05) is 0 Å². The van der Waals surface area contributed by atoms with Gasteiger partial charge in [-0.3, -0.25) is 9.98 Å². The maximum atomic E-state index is 12.6. The minimum atomic E-state index is -0.545. The van der Waals surface area contributed by atoms with E-state index in [4.69, 9.17) is 9.98 Å². The van der Waals surface area contributed by atoms with Crippen molar-refractivity contribution < 1.29 is 5.11 Å². The Morgan fingerprint density at radius 3 is 1.04 bits per heavy atom. The number of rotatable bonds is 11. The average Bonchev–Trinajstić information content (AvgIpc) is 3.02. The van der Waals surface area contributed by atoms with Crippen LogP contribution in [0.2, 0.25) is 0 Å².